The van der Waals surface area contributed by atoms with Crippen molar-refractivity contribution in [3.8, 4) is 0 Å². The molecule has 0 aliphatic carbocycles. The van der Waals surface area contributed by atoms with Crippen LogP contribution >= 0.6 is 0 Å². The van der Waals surface area contributed by atoms with E-state index in [9.17, 15) is 10.0 Å². The maximum atomic E-state index is 16.2. The summed E-state index contributed by atoms with van der Waals surface area (Å²) in [6, 6.07) is 21.3. The van der Waals surface area contributed by atoms with Crippen LogP contribution in [0.5, 0.6) is 0 Å². The Labute approximate surface area is 253 Å². The van der Waals surface area contributed by atoms with Gasteiger partial charge < -0.3 is 24.0 Å². The van der Waals surface area contributed by atoms with Gasteiger partial charge in [-0.2, -0.15) is 0 Å². The van der Waals surface area contributed by atoms with Crippen LogP contribution in [0, 0.1) is 11.6 Å². The lowest BCUT2D eigenvalue weighted by atomic mass is 10.0. The number of halogens is 2. The summed E-state index contributed by atoms with van der Waals surface area (Å²) in [5.74, 6) is -3.54. The molecule has 0 amide bonds. The van der Waals surface area contributed by atoms with Gasteiger partial charge in [-0.15, -0.1) is 0 Å². The smallest absolute Gasteiger partial charge is 0.361 e. The molecule has 1 fully saturated rings. The lowest BCUT2D eigenvalue weighted by Crippen LogP contribution is -2.66. The second-order valence-corrected chi connectivity index (χ2v) is 16.1. The molecule has 1 heterocycles. The monoisotopic (exact) mass is 610 g/mol. The van der Waals surface area contributed by atoms with Gasteiger partial charge in [-0.05, 0) is 42.2 Å². The second kappa shape index (κ2) is 13.4. The molecule has 0 spiro atoms. The highest BCUT2D eigenvalue weighted by Crippen LogP contribution is 2.39. The number of oxime groups is 1. The predicted octanol–water partition coefficient (Wildman–Crippen LogP) is 5.40. The van der Waals surface area contributed by atoms with E-state index in [1.165, 1.54) is 6.07 Å². The van der Waals surface area contributed by atoms with Crippen molar-refractivity contribution >= 4 is 36.1 Å². The van der Waals surface area contributed by atoms with E-state index in [1.54, 1.807) is 11.8 Å². The fourth-order valence-corrected chi connectivity index (χ4v) is 10.5. The molecular formula is C33H40F2N2O5Si. The Hall–Kier alpha value is -3.60. The standard InChI is InChI=1S/C33H40F2N2O5Si/c1-7-40-32(38)30(36-39)27-18-24(31(29(35)28(27)34)37-19-22(2)42-23(3)20-37)21-41-43(33(4,5)6,25-14-10-8-11-15-25)26-16-12-9-13-17-26/h8-18,22-23,39H,7,19-21H2,1-6H3/t22-,23+. The van der Waals surface area contributed by atoms with Crippen LogP contribution in [0.4, 0.5) is 14.5 Å². The molecule has 3 aromatic carbocycles. The average Bonchev–Trinajstić information content (AvgIpc) is 2.96. The summed E-state index contributed by atoms with van der Waals surface area (Å²) >= 11 is 0. The molecule has 4 rings (SSSR count). The molecule has 7 nitrogen and oxygen atoms in total. The maximum absolute atomic E-state index is 16.2. The zero-order valence-corrected chi connectivity index (χ0v) is 26.6. The summed E-state index contributed by atoms with van der Waals surface area (Å²) in [5, 5.41) is 14.4. The molecule has 3 aromatic rings. The first-order valence-electron chi connectivity index (χ1n) is 14.5. The second-order valence-electron chi connectivity index (χ2n) is 11.8. The first-order valence-corrected chi connectivity index (χ1v) is 16.4. The van der Waals surface area contributed by atoms with Crippen molar-refractivity contribution in [2.24, 2.45) is 5.16 Å². The van der Waals surface area contributed by atoms with Crippen molar-refractivity contribution < 1.29 is 32.7 Å². The van der Waals surface area contributed by atoms with Gasteiger partial charge >= 0.3 is 5.97 Å². The fourth-order valence-electron chi connectivity index (χ4n) is 6.01. The molecule has 1 aliphatic rings. The highest BCUT2D eigenvalue weighted by Gasteiger charge is 2.50. The minimum atomic E-state index is -3.08. The number of anilines is 1. The summed E-state index contributed by atoms with van der Waals surface area (Å²) in [6.07, 6.45) is -0.462. The van der Waals surface area contributed by atoms with Crippen molar-refractivity contribution in [1.82, 2.24) is 0 Å². The number of rotatable bonds is 9. The molecule has 43 heavy (non-hydrogen) atoms. The van der Waals surface area contributed by atoms with Crippen molar-refractivity contribution in [2.75, 3.05) is 24.6 Å². The molecule has 2 atom stereocenters. The van der Waals surface area contributed by atoms with Gasteiger partial charge in [0, 0.05) is 18.7 Å². The van der Waals surface area contributed by atoms with Gasteiger partial charge in [0.2, 0.25) is 0 Å². The quantitative estimate of drug-likeness (QED) is 0.115. The van der Waals surface area contributed by atoms with Crippen molar-refractivity contribution in [3.63, 3.8) is 0 Å². The number of esters is 1. The zero-order valence-electron chi connectivity index (χ0n) is 25.6. The lowest BCUT2D eigenvalue weighted by molar-refractivity contribution is -0.135. The van der Waals surface area contributed by atoms with Gasteiger partial charge in [0.1, 0.15) is 0 Å². The van der Waals surface area contributed by atoms with E-state index < -0.39 is 37.2 Å². The zero-order chi connectivity index (χ0) is 31.4. The number of carbonyl (C=O) groups is 1. The number of carbonyl (C=O) groups excluding carboxylic acids is 1. The third-order valence-corrected chi connectivity index (χ3v) is 12.7. The van der Waals surface area contributed by atoms with Gasteiger partial charge in [0.25, 0.3) is 8.32 Å². The Kier molecular flexibility index (Phi) is 10.0. The Bertz CT molecular complexity index is 1400. The SMILES string of the molecule is CCOC(=O)C(=NO)c1cc(CO[Si](c2ccccc2)(c2ccccc2)C(C)(C)C)c(N2C[C@@H](C)O[C@@H](C)C2)c(F)c1F. The maximum Gasteiger partial charge on any atom is 0.361 e. The molecule has 230 valence electrons. The van der Waals surface area contributed by atoms with Crippen LogP contribution in [0.2, 0.25) is 5.04 Å². The lowest BCUT2D eigenvalue weighted by Gasteiger charge is -2.43. The minimum absolute atomic E-state index is 0.0299. The van der Waals surface area contributed by atoms with Crippen molar-refractivity contribution in [2.45, 2.75) is 65.4 Å². The van der Waals surface area contributed by atoms with Crippen LogP contribution in [-0.2, 0) is 25.3 Å². The van der Waals surface area contributed by atoms with E-state index in [1.807, 2.05) is 74.5 Å². The fraction of sp³-hybridized carbons (Fsp3) is 0.394. The van der Waals surface area contributed by atoms with Crippen molar-refractivity contribution in [1.29, 1.82) is 0 Å². The Morgan fingerprint density at radius 1 is 1.00 bits per heavy atom. The van der Waals surface area contributed by atoms with E-state index >= 15 is 8.78 Å². The highest BCUT2D eigenvalue weighted by atomic mass is 28.4. The molecule has 0 radical (unpaired) electrons. The molecule has 1 N–H and O–H groups in total. The van der Waals surface area contributed by atoms with Crippen molar-refractivity contribution in [3.05, 3.63) is 89.5 Å². The normalized spacial score (nSPS) is 18.0. The third-order valence-electron chi connectivity index (χ3n) is 7.68. The van der Waals surface area contributed by atoms with Crippen LogP contribution < -0.4 is 15.3 Å². The summed E-state index contributed by atoms with van der Waals surface area (Å²) in [5.41, 5.74) is -0.881. The average molecular weight is 611 g/mol. The number of nitrogens with zero attached hydrogens (tertiary/aromatic N) is 2. The molecule has 0 saturated carbocycles. The summed E-state index contributed by atoms with van der Waals surface area (Å²) in [6.45, 7) is 12.2. The summed E-state index contributed by atoms with van der Waals surface area (Å²) in [7, 11) is -3.08. The first-order chi connectivity index (χ1) is 20.4. The molecular weight excluding hydrogens is 570 g/mol. The molecule has 1 saturated heterocycles. The van der Waals surface area contributed by atoms with E-state index in [4.69, 9.17) is 13.9 Å². The van der Waals surface area contributed by atoms with Gasteiger partial charge in [-0.3, -0.25) is 0 Å². The number of hydrogen-bond acceptors (Lipinski definition) is 7. The topological polar surface area (TPSA) is 80.6 Å². The Morgan fingerprint density at radius 2 is 1.53 bits per heavy atom. The van der Waals surface area contributed by atoms with Gasteiger partial charge in [-0.1, -0.05) is 86.6 Å². The van der Waals surface area contributed by atoms with E-state index in [0.29, 0.717) is 18.7 Å². The number of ether oxygens (including phenoxy) is 2. The predicted molar refractivity (Wildman–Crippen MR) is 166 cm³/mol. The minimum Gasteiger partial charge on any atom is -0.461 e. The van der Waals surface area contributed by atoms with E-state index in [0.717, 1.165) is 10.4 Å². The third kappa shape index (κ3) is 6.51. The van der Waals surface area contributed by atoms with Crippen LogP contribution in [0.3, 0.4) is 0 Å². The summed E-state index contributed by atoms with van der Waals surface area (Å²) < 4.78 is 49.9. The molecule has 0 bridgehead atoms. The highest BCUT2D eigenvalue weighted by molar-refractivity contribution is 6.99. The Balaban J connectivity index is 1.93. The first kappa shape index (κ1) is 32.3. The number of morpholine rings is 1. The molecule has 10 heteroatoms. The van der Waals surface area contributed by atoms with E-state index in [-0.39, 0.29) is 36.1 Å². The van der Waals surface area contributed by atoms with Gasteiger partial charge in [-0.25, -0.2) is 13.6 Å². The van der Waals surface area contributed by atoms with Crippen LogP contribution in [0.1, 0.15) is 52.7 Å². The van der Waals surface area contributed by atoms with Crippen LogP contribution in [-0.4, -0.2) is 57.1 Å². The van der Waals surface area contributed by atoms with Crippen LogP contribution in [0.15, 0.2) is 71.9 Å². The summed E-state index contributed by atoms with van der Waals surface area (Å²) in [4.78, 5) is 14.3. The van der Waals surface area contributed by atoms with Crippen LogP contribution in [0.25, 0.3) is 0 Å². The largest absolute Gasteiger partial charge is 0.461 e. The number of hydrogen-bond donors (Lipinski definition) is 1. The number of benzene rings is 3. The van der Waals surface area contributed by atoms with Gasteiger partial charge in [0.15, 0.2) is 17.3 Å². The van der Waals surface area contributed by atoms with Gasteiger partial charge in [0.05, 0.1) is 36.7 Å². The molecule has 0 unspecified atom stereocenters. The molecule has 0 aromatic heterocycles. The molecule has 1 aliphatic heterocycles. The van der Waals surface area contributed by atoms with E-state index in [2.05, 4.69) is 25.9 Å². The Morgan fingerprint density at radius 3 is 2.00 bits per heavy atom.